The van der Waals surface area contributed by atoms with Gasteiger partial charge in [0.2, 0.25) is 5.95 Å². The fourth-order valence-electron chi connectivity index (χ4n) is 3.64. The van der Waals surface area contributed by atoms with E-state index in [9.17, 15) is 9.59 Å². The Morgan fingerprint density at radius 2 is 1.93 bits per heavy atom. The first-order valence-corrected chi connectivity index (χ1v) is 9.59. The Morgan fingerprint density at radius 1 is 1.17 bits per heavy atom. The fourth-order valence-corrected chi connectivity index (χ4v) is 3.64. The van der Waals surface area contributed by atoms with Crippen LogP contribution in [0.25, 0.3) is 11.2 Å². The Kier molecular flexibility index (Phi) is 4.70. The molecule has 4 rings (SSSR count). The molecule has 8 nitrogen and oxygen atoms in total. The number of fused-ring (bicyclic) bond motifs is 3. The average molecular weight is 392 g/mol. The molecule has 0 spiro atoms. The third-order valence-corrected chi connectivity index (χ3v) is 5.23. The molecular formula is C21H24N6O2. The molecule has 0 radical (unpaired) electrons. The van der Waals surface area contributed by atoms with Crippen molar-refractivity contribution in [3.63, 3.8) is 0 Å². The normalized spacial score (nSPS) is 13.9. The lowest BCUT2D eigenvalue weighted by Gasteiger charge is -2.23. The predicted octanol–water partition coefficient (Wildman–Crippen LogP) is 2.03. The maximum absolute atomic E-state index is 13.4. The van der Waals surface area contributed by atoms with Crippen LogP contribution in [0.2, 0.25) is 0 Å². The highest BCUT2D eigenvalue weighted by Crippen LogP contribution is 2.23. The van der Waals surface area contributed by atoms with Crippen LogP contribution in [-0.2, 0) is 20.1 Å². The fraction of sp³-hybridized carbons (Fsp3) is 0.333. The molecule has 2 aromatic heterocycles. The Hall–Kier alpha value is -3.42. The zero-order valence-electron chi connectivity index (χ0n) is 17.1. The number of allylic oxidation sites excluding steroid dienone is 1. The monoisotopic (exact) mass is 392 g/mol. The quantitative estimate of drug-likeness (QED) is 0.637. The van der Waals surface area contributed by atoms with Crippen LogP contribution in [0.4, 0.5) is 5.95 Å². The van der Waals surface area contributed by atoms with Gasteiger partial charge in [0.1, 0.15) is 0 Å². The summed E-state index contributed by atoms with van der Waals surface area (Å²) < 4.78 is 4.60. The van der Waals surface area contributed by atoms with E-state index in [1.54, 1.807) is 12.1 Å². The van der Waals surface area contributed by atoms with Gasteiger partial charge in [-0.25, -0.2) is 9.80 Å². The zero-order chi connectivity index (χ0) is 20.7. The highest BCUT2D eigenvalue weighted by Gasteiger charge is 2.26. The van der Waals surface area contributed by atoms with Gasteiger partial charge >= 0.3 is 5.69 Å². The number of benzene rings is 1. The zero-order valence-corrected chi connectivity index (χ0v) is 17.1. The van der Waals surface area contributed by atoms with Crippen molar-refractivity contribution in [2.75, 3.05) is 11.6 Å². The number of nitrogens with zero attached hydrogens (tertiary/aromatic N) is 6. The van der Waals surface area contributed by atoms with Crippen molar-refractivity contribution >= 4 is 22.8 Å². The minimum atomic E-state index is -0.376. The molecule has 0 saturated heterocycles. The van der Waals surface area contributed by atoms with Crippen LogP contribution in [-0.4, -0.2) is 30.9 Å². The average Bonchev–Trinajstić information content (AvgIpc) is 3.08. The van der Waals surface area contributed by atoms with E-state index in [0.717, 1.165) is 16.8 Å². The Labute approximate surface area is 168 Å². The van der Waals surface area contributed by atoms with Crippen molar-refractivity contribution in [3.8, 4) is 0 Å². The summed E-state index contributed by atoms with van der Waals surface area (Å²) in [4.78, 5) is 31.0. The van der Waals surface area contributed by atoms with E-state index in [-0.39, 0.29) is 17.8 Å². The summed E-state index contributed by atoms with van der Waals surface area (Å²) in [5.74, 6) is 0.574. The summed E-state index contributed by atoms with van der Waals surface area (Å²) in [5.41, 5.74) is 2.96. The number of rotatable bonds is 4. The summed E-state index contributed by atoms with van der Waals surface area (Å²) in [7, 11) is 1.65. The van der Waals surface area contributed by atoms with Crippen molar-refractivity contribution in [2.24, 2.45) is 12.1 Å². The second-order valence-electron chi connectivity index (χ2n) is 7.32. The van der Waals surface area contributed by atoms with E-state index >= 15 is 0 Å². The molecule has 3 aromatic rings. The molecule has 0 atom stereocenters. The van der Waals surface area contributed by atoms with Crippen molar-refractivity contribution in [2.45, 2.75) is 33.9 Å². The third-order valence-electron chi connectivity index (χ3n) is 5.23. The number of hydrogen-bond acceptors (Lipinski definition) is 5. The minimum Gasteiger partial charge on any atom is -0.297 e. The van der Waals surface area contributed by atoms with Crippen LogP contribution in [0.15, 0.2) is 51.1 Å². The number of aryl methyl sites for hydroxylation is 2. The molecule has 8 heteroatoms. The summed E-state index contributed by atoms with van der Waals surface area (Å²) >= 11 is 0. The Bertz CT molecular complexity index is 1270. The van der Waals surface area contributed by atoms with Crippen molar-refractivity contribution in [3.05, 3.63) is 68.4 Å². The number of anilines is 1. The third kappa shape index (κ3) is 3.10. The van der Waals surface area contributed by atoms with Crippen LogP contribution < -0.4 is 16.3 Å². The molecule has 3 heterocycles. The van der Waals surface area contributed by atoms with E-state index in [4.69, 9.17) is 0 Å². The smallest absolute Gasteiger partial charge is 0.297 e. The molecule has 0 fully saturated rings. The van der Waals surface area contributed by atoms with Gasteiger partial charge in [0.05, 0.1) is 25.3 Å². The standard InChI is InChI=1S/C21H24N6O2/c1-5-6-11-27-20-22-18-17(25(20)12-15(3)23-27)19(28)26(21(29)24(18)4)13-16-10-8-7-9-14(16)2/h5-10H,11-13H2,1-4H3/b6-5+. The maximum atomic E-state index is 13.4. The number of aromatic nitrogens is 4. The topological polar surface area (TPSA) is 77.4 Å². The van der Waals surface area contributed by atoms with Crippen molar-refractivity contribution in [1.82, 2.24) is 18.7 Å². The molecule has 0 saturated carbocycles. The molecule has 1 aliphatic heterocycles. The summed E-state index contributed by atoms with van der Waals surface area (Å²) in [6.45, 7) is 7.08. The molecule has 0 unspecified atom stereocenters. The molecule has 29 heavy (non-hydrogen) atoms. The molecule has 1 aromatic carbocycles. The summed E-state index contributed by atoms with van der Waals surface area (Å²) in [6.07, 6.45) is 3.92. The van der Waals surface area contributed by atoms with Gasteiger partial charge in [-0.05, 0) is 31.9 Å². The van der Waals surface area contributed by atoms with E-state index in [0.29, 0.717) is 30.2 Å². The van der Waals surface area contributed by atoms with Crippen LogP contribution in [0.3, 0.4) is 0 Å². The summed E-state index contributed by atoms with van der Waals surface area (Å²) in [5, 5.41) is 6.32. The van der Waals surface area contributed by atoms with Gasteiger partial charge < -0.3 is 0 Å². The predicted molar refractivity (Wildman–Crippen MR) is 115 cm³/mol. The van der Waals surface area contributed by atoms with Crippen LogP contribution in [0, 0.1) is 6.92 Å². The molecule has 0 aliphatic carbocycles. The molecular weight excluding hydrogens is 368 g/mol. The van der Waals surface area contributed by atoms with Gasteiger partial charge in [-0.1, -0.05) is 36.4 Å². The molecule has 0 bridgehead atoms. The lowest BCUT2D eigenvalue weighted by atomic mass is 10.1. The van der Waals surface area contributed by atoms with E-state index < -0.39 is 0 Å². The van der Waals surface area contributed by atoms with Gasteiger partial charge in [-0.2, -0.15) is 10.1 Å². The van der Waals surface area contributed by atoms with Gasteiger partial charge in [-0.3, -0.25) is 18.5 Å². The first-order valence-electron chi connectivity index (χ1n) is 9.59. The lowest BCUT2D eigenvalue weighted by molar-refractivity contribution is 0.651. The molecule has 0 N–H and O–H groups in total. The molecule has 0 amide bonds. The lowest BCUT2D eigenvalue weighted by Crippen LogP contribution is -2.40. The first-order chi connectivity index (χ1) is 13.9. The highest BCUT2D eigenvalue weighted by atomic mass is 16.2. The van der Waals surface area contributed by atoms with Gasteiger partial charge in [0.15, 0.2) is 11.2 Å². The van der Waals surface area contributed by atoms with Crippen molar-refractivity contribution < 1.29 is 0 Å². The van der Waals surface area contributed by atoms with Gasteiger partial charge in [-0.15, -0.1) is 0 Å². The first kappa shape index (κ1) is 18.9. The van der Waals surface area contributed by atoms with Crippen molar-refractivity contribution in [1.29, 1.82) is 0 Å². The maximum Gasteiger partial charge on any atom is 0.332 e. The van der Waals surface area contributed by atoms with E-state index in [1.807, 2.05) is 61.8 Å². The SMILES string of the molecule is C/C=C/CN1N=C(C)Cn2c1nc1c2c(=O)n(Cc2ccccc2C)c(=O)n1C. The number of hydrogen-bond donors (Lipinski definition) is 0. The second-order valence-corrected chi connectivity index (χ2v) is 7.32. The summed E-state index contributed by atoms with van der Waals surface area (Å²) in [6, 6.07) is 7.77. The minimum absolute atomic E-state index is 0.226. The van der Waals surface area contributed by atoms with Gasteiger partial charge in [0, 0.05) is 7.05 Å². The Morgan fingerprint density at radius 3 is 2.66 bits per heavy atom. The highest BCUT2D eigenvalue weighted by molar-refractivity contribution is 5.87. The number of imidazole rings is 1. The van der Waals surface area contributed by atoms with Gasteiger partial charge in [0.25, 0.3) is 5.56 Å². The largest absolute Gasteiger partial charge is 0.332 e. The number of hydrazone groups is 1. The molecule has 150 valence electrons. The van der Waals surface area contributed by atoms with Crippen LogP contribution in [0.1, 0.15) is 25.0 Å². The van der Waals surface area contributed by atoms with E-state index in [1.165, 1.54) is 9.13 Å². The Balaban J connectivity index is 1.94. The van der Waals surface area contributed by atoms with E-state index in [2.05, 4.69) is 10.1 Å². The molecule has 1 aliphatic rings. The van der Waals surface area contributed by atoms with Crippen LogP contribution >= 0.6 is 0 Å². The second kappa shape index (κ2) is 7.20. The van der Waals surface area contributed by atoms with Crippen LogP contribution in [0.5, 0.6) is 0 Å².